The molecule has 0 aliphatic carbocycles. The molecule has 0 aromatic carbocycles. The number of halogens is 1. The van der Waals surface area contributed by atoms with E-state index in [0.717, 1.165) is 25.9 Å². The van der Waals surface area contributed by atoms with Crippen LogP contribution in [-0.4, -0.2) is 38.2 Å². The fourth-order valence-corrected chi connectivity index (χ4v) is 2.24. The predicted molar refractivity (Wildman–Crippen MR) is 72.5 cm³/mol. The zero-order valence-electron chi connectivity index (χ0n) is 10.8. The molecule has 9 heteroatoms. The lowest BCUT2D eigenvalue weighted by atomic mass is 10.1. The largest absolute Gasteiger partial charge is 0.347 e. The van der Waals surface area contributed by atoms with Crippen LogP contribution in [0.3, 0.4) is 0 Å². The number of aromatic nitrogens is 5. The molecule has 106 valence electrons. The minimum atomic E-state index is 0.177. The molecule has 0 atom stereocenters. The molecular weight excluding hydrogens is 282 g/mol. The standard InChI is InChI=1S/C11H14ClN7O/c12-9-15-10(13-6-8-14-7-20-18-8)17-11(16-9)19-4-2-1-3-5-19/h7H,1-6H2,(H,13,15,16,17). The first-order valence-electron chi connectivity index (χ1n) is 6.47. The Morgan fingerprint density at radius 2 is 2.05 bits per heavy atom. The lowest BCUT2D eigenvalue weighted by molar-refractivity contribution is 0.411. The third kappa shape index (κ3) is 3.13. The summed E-state index contributed by atoms with van der Waals surface area (Å²) in [6, 6.07) is 0. The maximum absolute atomic E-state index is 5.95. The molecule has 2 aromatic heterocycles. The molecule has 1 aliphatic rings. The maximum Gasteiger partial charge on any atom is 0.231 e. The van der Waals surface area contributed by atoms with Crippen LogP contribution in [0.25, 0.3) is 0 Å². The highest BCUT2D eigenvalue weighted by Crippen LogP contribution is 2.18. The zero-order valence-corrected chi connectivity index (χ0v) is 11.5. The van der Waals surface area contributed by atoms with Gasteiger partial charge in [0.05, 0.1) is 6.54 Å². The normalized spacial score (nSPS) is 15.3. The number of nitrogens with zero attached hydrogens (tertiary/aromatic N) is 6. The van der Waals surface area contributed by atoms with Gasteiger partial charge in [0.1, 0.15) is 0 Å². The Morgan fingerprint density at radius 3 is 2.80 bits per heavy atom. The molecule has 0 radical (unpaired) electrons. The average molecular weight is 296 g/mol. The molecule has 1 saturated heterocycles. The Hall–Kier alpha value is -1.96. The van der Waals surface area contributed by atoms with Gasteiger partial charge >= 0.3 is 0 Å². The lowest BCUT2D eigenvalue weighted by Gasteiger charge is -2.26. The van der Waals surface area contributed by atoms with Gasteiger partial charge in [-0.1, -0.05) is 5.16 Å². The fraction of sp³-hybridized carbons (Fsp3) is 0.545. The maximum atomic E-state index is 5.95. The van der Waals surface area contributed by atoms with Crippen LogP contribution in [-0.2, 0) is 6.54 Å². The van der Waals surface area contributed by atoms with Gasteiger partial charge in [-0.3, -0.25) is 0 Å². The van der Waals surface area contributed by atoms with E-state index in [9.17, 15) is 0 Å². The Bertz CT molecular complexity index is 556. The summed E-state index contributed by atoms with van der Waals surface area (Å²) in [6.45, 7) is 2.27. The van der Waals surface area contributed by atoms with Gasteiger partial charge in [0.2, 0.25) is 23.6 Å². The van der Waals surface area contributed by atoms with Crippen LogP contribution in [0.1, 0.15) is 25.1 Å². The Kier molecular flexibility index (Phi) is 3.91. The van der Waals surface area contributed by atoms with Gasteiger partial charge in [0, 0.05) is 13.1 Å². The molecule has 0 saturated carbocycles. The quantitative estimate of drug-likeness (QED) is 0.907. The molecule has 1 fully saturated rings. The van der Waals surface area contributed by atoms with Crippen molar-refractivity contribution in [2.75, 3.05) is 23.3 Å². The minimum Gasteiger partial charge on any atom is -0.347 e. The molecule has 8 nitrogen and oxygen atoms in total. The molecule has 0 bridgehead atoms. The van der Waals surface area contributed by atoms with E-state index in [4.69, 9.17) is 11.6 Å². The summed E-state index contributed by atoms with van der Waals surface area (Å²) in [6.07, 6.45) is 4.82. The van der Waals surface area contributed by atoms with Gasteiger partial charge in [0.15, 0.2) is 5.82 Å². The van der Waals surface area contributed by atoms with E-state index < -0.39 is 0 Å². The summed E-state index contributed by atoms with van der Waals surface area (Å²) >= 11 is 5.95. The minimum absolute atomic E-state index is 0.177. The average Bonchev–Trinajstić information content (AvgIpc) is 2.99. The highest BCUT2D eigenvalue weighted by atomic mass is 35.5. The van der Waals surface area contributed by atoms with E-state index in [-0.39, 0.29) is 5.28 Å². The van der Waals surface area contributed by atoms with Crippen molar-refractivity contribution in [3.05, 3.63) is 17.5 Å². The molecule has 1 N–H and O–H groups in total. The molecule has 3 heterocycles. The van der Waals surface area contributed by atoms with Crippen LogP contribution in [0.2, 0.25) is 5.28 Å². The van der Waals surface area contributed by atoms with Crippen LogP contribution in [0.15, 0.2) is 10.9 Å². The number of hydrogen-bond donors (Lipinski definition) is 1. The molecule has 3 rings (SSSR count). The first-order valence-corrected chi connectivity index (χ1v) is 6.85. The summed E-state index contributed by atoms with van der Waals surface area (Å²) in [5, 5.41) is 6.89. The number of nitrogens with one attached hydrogen (secondary N) is 1. The summed E-state index contributed by atoms with van der Waals surface area (Å²) < 4.78 is 4.66. The Labute approximate surface area is 120 Å². The van der Waals surface area contributed by atoms with Crippen LogP contribution in [0.5, 0.6) is 0 Å². The van der Waals surface area contributed by atoms with Gasteiger partial charge in [-0.25, -0.2) is 0 Å². The van der Waals surface area contributed by atoms with Crippen molar-refractivity contribution in [1.29, 1.82) is 0 Å². The molecule has 0 spiro atoms. The van der Waals surface area contributed by atoms with E-state index >= 15 is 0 Å². The molecule has 0 amide bonds. The second kappa shape index (κ2) is 6.00. The van der Waals surface area contributed by atoms with E-state index in [1.807, 2.05) is 0 Å². The second-order valence-corrected chi connectivity index (χ2v) is 4.81. The highest BCUT2D eigenvalue weighted by Gasteiger charge is 2.15. The van der Waals surface area contributed by atoms with Crippen LogP contribution in [0.4, 0.5) is 11.9 Å². The molecule has 1 aliphatic heterocycles. The topological polar surface area (TPSA) is 92.9 Å². The van der Waals surface area contributed by atoms with E-state index in [2.05, 4.69) is 39.8 Å². The smallest absolute Gasteiger partial charge is 0.231 e. The van der Waals surface area contributed by atoms with Gasteiger partial charge in [-0.2, -0.15) is 19.9 Å². The molecule has 0 unspecified atom stereocenters. The molecule has 20 heavy (non-hydrogen) atoms. The second-order valence-electron chi connectivity index (χ2n) is 4.48. The lowest BCUT2D eigenvalue weighted by Crippen LogP contribution is -2.31. The van der Waals surface area contributed by atoms with Crippen molar-refractivity contribution >= 4 is 23.5 Å². The van der Waals surface area contributed by atoms with Crippen LogP contribution in [0, 0.1) is 0 Å². The summed E-state index contributed by atoms with van der Waals surface area (Å²) in [4.78, 5) is 18.6. The van der Waals surface area contributed by atoms with Crippen molar-refractivity contribution in [1.82, 2.24) is 25.1 Å². The molecule has 2 aromatic rings. The van der Waals surface area contributed by atoms with Gasteiger partial charge in [-0.15, -0.1) is 0 Å². The Morgan fingerprint density at radius 1 is 1.20 bits per heavy atom. The van der Waals surface area contributed by atoms with Crippen molar-refractivity contribution in [3.63, 3.8) is 0 Å². The summed E-state index contributed by atoms with van der Waals surface area (Å²) in [7, 11) is 0. The van der Waals surface area contributed by atoms with Crippen molar-refractivity contribution in [2.24, 2.45) is 0 Å². The third-order valence-corrected chi connectivity index (χ3v) is 3.22. The summed E-state index contributed by atoms with van der Waals surface area (Å²) in [5.74, 6) is 1.55. The van der Waals surface area contributed by atoms with Gasteiger partial charge in [-0.05, 0) is 30.9 Å². The summed E-state index contributed by atoms with van der Waals surface area (Å²) in [5.41, 5.74) is 0. The first kappa shape index (κ1) is 13.0. The highest BCUT2D eigenvalue weighted by molar-refractivity contribution is 6.28. The van der Waals surface area contributed by atoms with Gasteiger partial charge < -0.3 is 14.7 Å². The van der Waals surface area contributed by atoms with Crippen molar-refractivity contribution in [3.8, 4) is 0 Å². The SMILES string of the molecule is Clc1nc(NCc2ncon2)nc(N2CCCCC2)n1. The zero-order chi connectivity index (χ0) is 13.8. The van der Waals surface area contributed by atoms with Crippen LogP contribution < -0.4 is 10.2 Å². The van der Waals surface area contributed by atoms with Gasteiger partial charge in [0.25, 0.3) is 0 Å². The predicted octanol–water partition coefficient (Wildman–Crippen LogP) is 1.51. The Balaban J connectivity index is 1.72. The van der Waals surface area contributed by atoms with E-state index in [0.29, 0.717) is 24.3 Å². The number of piperidine rings is 1. The fourth-order valence-electron chi connectivity index (χ4n) is 2.08. The number of anilines is 2. The number of hydrogen-bond acceptors (Lipinski definition) is 8. The van der Waals surface area contributed by atoms with E-state index in [1.54, 1.807) is 0 Å². The van der Waals surface area contributed by atoms with Crippen molar-refractivity contribution in [2.45, 2.75) is 25.8 Å². The molecular formula is C11H14ClN7O. The van der Waals surface area contributed by atoms with Crippen LogP contribution >= 0.6 is 11.6 Å². The monoisotopic (exact) mass is 295 g/mol. The number of rotatable bonds is 4. The van der Waals surface area contributed by atoms with E-state index in [1.165, 1.54) is 12.8 Å². The first-order chi connectivity index (χ1) is 9.81. The van der Waals surface area contributed by atoms with Crippen molar-refractivity contribution < 1.29 is 4.52 Å². The third-order valence-electron chi connectivity index (χ3n) is 3.05.